The number of fused-ring (bicyclic) bond motifs is 1. The maximum atomic E-state index is 12.8. The van der Waals surface area contributed by atoms with Crippen LogP contribution in [0, 0.1) is 17.9 Å². The molecule has 5 nitrogen and oxygen atoms in total. The lowest BCUT2D eigenvalue weighted by Gasteiger charge is -2.41. The van der Waals surface area contributed by atoms with Gasteiger partial charge in [0.1, 0.15) is 0 Å². The summed E-state index contributed by atoms with van der Waals surface area (Å²) in [5.41, 5.74) is 2.90. The molecule has 2 heterocycles. The third kappa shape index (κ3) is 2.86. The highest BCUT2D eigenvalue weighted by molar-refractivity contribution is 6.05. The topological polar surface area (TPSA) is 52.7 Å². The molecule has 5 heteroatoms. The highest BCUT2D eigenvalue weighted by Gasteiger charge is 2.39. The zero-order valence-corrected chi connectivity index (χ0v) is 14.7. The van der Waals surface area contributed by atoms with E-state index in [4.69, 9.17) is 0 Å². The molecule has 1 aromatic carbocycles. The number of benzene rings is 1. The second-order valence-corrected chi connectivity index (χ2v) is 7.29. The van der Waals surface area contributed by atoms with Crippen LogP contribution in [0.4, 0.5) is 11.4 Å². The Bertz CT molecular complexity index is 788. The summed E-state index contributed by atoms with van der Waals surface area (Å²) in [5, 5.41) is 3.10. The number of nitrogens with zero attached hydrogens (tertiary/aromatic N) is 2. The molecule has 0 spiro atoms. The summed E-state index contributed by atoms with van der Waals surface area (Å²) in [5.74, 6) is 3.80. The molecule has 3 aliphatic rings. The Morgan fingerprint density at radius 1 is 1.24 bits per heavy atom. The molecule has 2 amide bonds. The van der Waals surface area contributed by atoms with Crippen molar-refractivity contribution in [2.45, 2.75) is 45.1 Å². The summed E-state index contributed by atoms with van der Waals surface area (Å²) >= 11 is 0. The van der Waals surface area contributed by atoms with E-state index in [9.17, 15) is 9.59 Å². The standard InChI is InChI=1S/C20H23N3O2/c1-13-12-22(20(25)15-5-6-15)19-10-16(17-4-3-9-21-11-17)7-8-18(19)23(13)14(2)24/h7-8,10,13,15,17,21H,4-6,11-12H2,1-2H3/t13-,17?/m0/s1. The van der Waals surface area contributed by atoms with Gasteiger partial charge in [0.15, 0.2) is 0 Å². The average molecular weight is 337 g/mol. The minimum Gasteiger partial charge on any atom is -0.345 e. The molecule has 1 aromatic rings. The summed E-state index contributed by atoms with van der Waals surface area (Å²) in [4.78, 5) is 28.7. The van der Waals surface area contributed by atoms with Gasteiger partial charge in [0, 0.05) is 44.3 Å². The molecule has 4 rings (SSSR count). The largest absolute Gasteiger partial charge is 0.345 e. The van der Waals surface area contributed by atoms with E-state index in [1.807, 2.05) is 22.8 Å². The Morgan fingerprint density at radius 3 is 2.68 bits per heavy atom. The second-order valence-electron chi connectivity index (χ2n) is 7.29. The lowest BCUT2D eigenvalue weighted by molar-refractivity contribution is -0.120. The van der Waals surface area contributed by atoms with E-state index in [0.29, 0.717) is 12.5 Å². The maximum Gasteiger partial charge on any atom is 0.230 e. The van der Waals surface area contributed by atoms with Gasteiger partial charge in [-0.3, -0.25) is 9.59 Å². The number of hydrogen-bond donors (Lipinski definition) is 1. The van der Waals surface area contributed by atoms with Gasteiger partial charge < -0.3 is 15.1 Å². The molecule has 0 aromatic heterocycles. The summed E-state index contributed by atoms with van der Waals surface area (Å²) in [6.07, 6.45) is 2.78. The van der Waals surface area contributed by atoms with E-state index in [1.54, 1.807) is 6.92 Å². The Morgan fingerprint density at radius 2 is 2.04 bits per heavy atom. The van der Waals surface area contributed by atoms with Crippen molar-refractivity contribution >= 4 is 23.2 Å². The van der Waals surface area contributed by atoms with E-state index in [2.05, 4.69) is 29.4 Å². The van der Waals surface area contributed by atoms with E-state index in [-0.39, 0.29) is 23.8 Å². The normalized spacial score (nSPS) is 24.7. The third-order valence-corrected chi connectivity index (χ3v) is 5.31. The van der Waals surface area contributed by atoms with Crippen LogP contribution in [-0.4, -0.2) is 30.9 Å². The molecule has 0 bridgehead atoms. The van der Waals surface area contributed by atoms with E-state index in [1.165, 1.54) is 5.56 Å². The molecule has 130 valence electrons. The fraction of sp³-hybridized carbons (Fsp3) is 0.500. The fourth-order valence-corrected chi connectivity index (χ4v) is 3.85. The van der Waals surface area contributed by atoms with Crippen LogP contribution in [0.1, 0.15) is 44.6 Å². The average Bonchev–Trinajstić information content (AvgIpc) is 3.45. The van der Waals surface area contributed by atoms with Crippen molar-refractivity contribution in [1.82, 2.24) is 5.32 Å². The Kier molecular flexibility index (Phi) is 3.91. The minimum atomic E-state index is -0.0132. The van der Waals surface area contributed by atoms with Gasteiger partial charge in [-0.15, -0.1) is 0 Å². The van der Waals surface area contributed by atoms with Crippen molar-refractivity contribution in [1.29, 1.82) is 0 Å². The molecule has 1 N–H and O–H groups in total. The first-order chi connectivity index (χ1) is 12.1. The SMILES string of the molecule is CC(=O)N1c2ccc(C3CC#CNC3)cc2N(C(=O)C2CC2)C[C@@H]1C. The minimum absolute atomic E-state index is 0.0132. The zero-order valence-electron chi connectivity index (χ0n) is 14.7. The van der Waals surface area contributed by atoms with Crippen molar-refractivity contribution in [3.05, 3.63) is 23.8 Å². The number of hydrogen-bond acceptors (Lipinski definition) is 3. The van der Waals surface area contributed by atoms with Crippen LogP contribution in [0.2, 0.25) is 0 Å². The van der Waals surface area contributed by atoms with Crippen LogP contribution in [0.25, 0.3) is 0 Å². The summed E-state index contributed by atoms with van der Waals surface area (Å²) in [6.45, 7) is 4.97. The van der Waals surface area contributed by atoms with Crippen molar-refractivity contribution in [3.8, 4) is 12.0 Å². The first-order valence-electron chi connectivity index (χ1n) is 9.02. The predicted molar refractivity (Wildman–Crippen MR) is 97.3 cm³/mol. The summed E-state index contributed by atoms with van der Waals surface area (Å²) < 4.78 is 0. The predicted octanol–water partition coefficient (Wildman–Crippen LogP) is 2.22. The first kappa shape index (κ1) is 16.0. The quantitative estimate of drug-likeness (QED) is 0.842. The van der Waals surface area contributed by atoms with E-state index in [0.717, 1.165) is 37.2 Å². The van der Waals surface area contributed by atoms with Crippen LogP contribution >= 0.6 is 0 Å². The lowest BCUT2D eigenvalue weighted by Crippen LogP contribution is -2.51. The number of amides is 2. The van der Waals surface area contributed by atoms with Gasteiger partial charge in [0.05, 0.1) is 17.4 Å². The molecule has 2 atom stereocenters. The molecule has 25 heavy (non-hydrogen) atoms. The van der Waals surface area contributed by atoms with Crippen molar-refractivity contribution in [3.63, 3.8) is 0 Å². The Labute approximate surface area is 148 Å². The van der Waals surface area contributed by atoms with Crippen LogP contribution in [0.15, 0.2) is 18.2 Å². The van der Waals surface area contributed by atoms with Crippen LogP contribution in [0.3, 0.4) is 0 Å². The maximum absolute atomic E-state index is 12.8. The van der Waals surface area contributed by atoms with Crippen LogP contribution < -0.4 is 15.1 Å². The zero-order chi connectivity index (χ0) is 17.6. The number of nitrogens with one attached hydrogen (secondary N) is 1. The number of carbonyl (C=O) groups excluding carboxylic acids is 2. The van der Waals surface area contributed by atoms with Gasteiger partial charge in [-0.2, -0.15) is 0 Å². The Balaban J connectivity index is 1.76. The summed E-state index contributed by atoms with van der Waals surface area (Å²) in [7, 11) is 0. The van der Waals surface area contributed by atoms with Crippen LogP contribution in [-0.2, 0) is 9.59 Å². The van der Waals surface area contributed by atoms with Crippen molar-refractivity contribution in [2.75, 3.05) is 22.9 Å². The second kappa shape index (κ2) is 6.11. The van der Waals surface area contributed by atoms with E-state index >= 15 is 0 Å². The number of anilines is 2. The third-order valence-electron chi connectivity index (χ3n) is 5.31. The number of rotatable bonds is 2. The monoisotopic (exact) mass is 337 g/mol. The van der Waals surface area contributed by atoms with E-state index < -0.39 is 0 Å². The van der Waals surface area contributed by atoms with Gasteiger partial charge in [-0.05, 0) is 37.5 Å². The van der Waals surface area contributed by atoms with Gasteiger partial charge in [0.2, 0.25) is 11.8 Å². The highest BCUT2D eigenvalue weighted by atomic mass is 16.2. The summed E-state index contributed by atoms with van der Waals surface area (Å²) in [6, 6.07) is 9.06. The van der Waals surface area contributed by atoms with Gasteiger partial charge in [-0.1, -0.05) is 12.0 Å². The molecular formula is C20H23N3O2. The van der Waals surface area contributed by atoms with Crippen LogP contribution in [0.5, 0.6) is 0 Å². The molecule has 1 saturated carbocycles. The molecule has 0 saturated heterocycles. The fourth-order valence-electron chi connectivity index (χ4n) is 3.85. The molecular weight excluding hydrogens is 314 g/mol. The first-order valence-corrected chi connectivity index (χ1v) is 9.02. The van der Waals surface area contributed by atoms with Gasteiger partial charge in [0.25, 0.3) is 0 Å². The highest BCUT2D eigenvalue weighted by Crippen LogP contribution is 2.41. The smallest absolute Gasteiger partial charge is 0.230 e. The van der Waals surface area contributed by atoms with Gasteiger partial charge >= 0.3 is 0 Å². The Hall–Kier alpha value is -2.48. The lowest BCUT2D eigenvalue weighted by atomic mass is 9.92. The molecule has 1 fully saturated rings. The van der Waals surface area contributed by atoms with Crippen molar-refractivity contribution < 1.29 is 9.59 Å². The molecule has 1 unspecified atom stereocenters. The number of carbonyl (C=O) groups is 2. The molecule has 1 aliphatic carbocycles. The molecule has 0 radical (unpaired) electrons. The van der Waals surface area contributed by atoms with Gasteiger partial charge in [-0.25, -0.2) is 0 Å². The molecule has 2 aliphatic heterocycles. The van der Waals surface area contributed by atoms with Crippen molar-refractivity contribution in [2.24, 2.45) is 5.92 Å².